The molecule has 178 valence electrons. The summed E-state index contributed by atoms with van der Waals surface area (Å²) in [6.45, 7) is 18.5. The van der Waals surface area contributed by atoms with Crippen LogP contribution in [0.2, 0.25) is 0 Å². The van der Waals surface area contributed by atoms with E-state index in [1.807, 2.05) is 0 Å². The van der Waals surface area contributed by atoms with Crippen molar-refractivity contribution in [2.75, 3.05) is 32.7 Å². The smallest absolute Gasteiger partial charge is 0.0353 e. The third-order valence-corrected chi connectivity index (χ3v) is 7.67. The van der Waals surface area contributed by atoms with Crippen LogP contribution >= 0.6 is 0 Å². The molecule has 0 aliphatic carbocycles. The number of hydrogen-bond donors (Lipinski definition) is 0. The zero-order valence-corrected chi connectivity index (χ0v) is 21.4. The van der Waals surface area contributed by atoms with E-state index in [0.717, 1.165) is 19.0 Å². The highest BCUT2D eigenvalue weighted by Crippen LogP contribution is 2.27. The molecule has 3 rings (SSSR count). The number of piperidine rings is 1. The van der Waals surface area contributed by atoms with Crippen LogP contribution in [-0.4, -0.2) is 59.5 Å². The van der Waals surface area contributed by atoms with Crippen molar-refractivity contribution in [3.8, 4) is 0 Å². The zero-order valence-electron chi connectivity index (χ0n) is 21.4. The fraction of sp³-hybridized carbons (Fsp3) is 0.655. The van der Waals surface area contributed by atoms with E-state index < -0.39 is 0 Å². The number of likely N-dealkylation sites (tertiary alicyclic amines) is 1. The van der Waals surface area contributed by atoms with E-state index in [-0.39, 0.29) is 0 Å². The third kappa shape index (κ3) is 6.48. The van der Waals surface area contributed by atoms with E-state index in [9.17, 15) is 0 Å². The van der Waals surface area contributed by atoms with Gasteiger partial charge in [0.25, 0.3) is 0 Å². The van der Waals surface area contributed by atoms with Gasteiger partial charge in [0, 0.05) is 44.0 Å². The summed E-state index contributed by atoms with van der Waals surface area (Å²) in [7, 11) is 0. The molecule has 0 spiro atoms. The summed E-state index contributed by atoms with van der Waals surface area (Å²) in [5.74, 6) is 0. The van der Waals surface area contributed by atoms with Crippen molar-refractivity contribution in [1.82, 2.24) is 14.7 Å². The molecule has 1 aromatic carbocycles. The van der Waals surface area contributed by atoms with Gasteiger partial charge in [0.05, 0.1) is 0 Å². The van der Waals surface area contributed by atoms with E-state index in [0.29, 0.717) is 6.04 Å². The first-order valence-corrected chi connectivity index (χ1v) is 13.2. The minimum absolute atomic E-state index is 0.677. The van der Waals surface area contributed by atoms with Crippen LogP contribution in [0.15, 0.2) is 47.7 Å². The molecule has 0 amide bonds. The lowest BCUT2D eigenvalue weighted by molar-refractivity contribution is 0.0232. The molecule has 1 unspecified atom stereocenters. The Bertz CT molecular complexity index is 740. The minimum atomic E-state index is 0.677. The minimum Gasteiger partial charge on any atom is -0.369 e. The largest absolute Gasteiger partial charge is 0.369 e. The predicted molar refractivity (Wildman–Crippen MR) is 139 cm³/mol. The molecule has 2 heterocycles. The normalized spacial score (nSPS) is 22.5. The van der Waals surface area contributed by atoms with Crippen LogP contribution < -0.4 is 0 Å². The number of hydrogen-bond acceptors (Lipinski definition) is 3. The van der Waals surface area contributed by atoms with Gasteiger partial charge in [-0.3, -0.25) is 9.80 Å². The maximum atomic E-state index is 2.87. The van der Waals surface area contributed by atoms with E-state index in [2.05, 4.69) is 85.7 Å². The summed E-state index contributed by atoms with van der Waals surface area (Å²) in [5.41, 5.74) is 5.82. The highest BCUT2D eigenvalue weighted by Gasteiger charge is 2.33. The average molecular weight is 438 g/mol. The van der Waals surface area contributed by atoms with Crippen molar-refractivity contribution in [3.05, 3.63) is 58.8 Å². The third-order valence-electron chi connectivity index (χ3n) is 7.67. The van der Waals surface area contributed by atoms with E-state index in [1.165, 1.54) is 87.2 Å². The van der Waals surface area contributed by atoms with Crippen molar-refractivity contribution in [1.29, 1.82) is 0 Å². The van der Waals surface area contributed by atoms with Gasteiger partial charge in [-0.2, -0.15) is 0 Å². The van der Waals surface area contributed by atoms with Gasteiger partial charge < -0.3 is 4.90 Å². The highest BCUT2D eigenvalue weighted by molar-refractivity contribution is 5.28. The van der Waals surface area contributed by atoms with Gasteiger partial charge >= 0.3 is 0 Å². The molecule has 0 radical (unpaired) electrons. The van der Waals surface area contributed by atoms with Crippen molar-refractivity contribution in [2.45, 2.75) is 91.8 Å². The molecule has 0 saturated carbocycles. The monoisotopic (exact) mass is 437 g/mol. The second-order valence-corrected chi connectivity index (χ2v) is 9.77. The van der Waals surface area contributed by atoms with Crippen molar-refractivity contribution in [2.24, 2.45) is 0 Å². The van der Waals surface area contributed by atoms with Crippen LogP contribution in [0.1, 0.15) is 77.8 Å². The van der Waals surface area contributed by atoms with Crippen molar-refractivity contribution in [3.63, 3.8) is 0 Å². The average Bonchev–Trinajstić information content (AvgIpc) is 2.85. The van der Waals surface area contributed by atoms with Crippen molar-refractivity contribution >= 4 is 0 Å². The van der Waals surface area contributed by atoms with Crippen LogP contribution in [0.25, 0.3) is 0 Å². The van der Waals surface area contributed by atoms with Gasteiger partial charge in [-0.15, -0.1) is 0 Å². The van der Waals surface area contributed by atoms with Crippen LogP contribution in [0.3, 0.4) is 0 Å². The van der Waals surface area contributed by atoms with Crippen molar-refractivity contribution < 1.29 is 0 Å². The maximum Gasteiger partial charge on any atom is 0.0353 e. The molecular weight excluding hydrogens is 390 g/mol. The van der Waals surface area contributed by atoms with Gasteiger partial charge in [-0.05, 0) is 75.7 Å². The SMILES string of the molecule is C/C=C(C)\C(=C\CCC)N1CCN(C2CCN(Cc3ccc(CC)cc3)CC2)C(CC)C1. The van der Waals surface area contributed by atoms with E-state index in [1.54, 1.807) is 0 Å². The first-order valence-electron chi connectivity index (χ1n) is 13.2. The van der Waals surface area contributed by atoms with Crippen LogP contribution in [0.4, 0.5) is 0 Å². The number of aryl methyl sites for hydroxylation is 1. The molecule has 0 aromatic heterocycles. The van der Waals surface area contributed by atoms with Gasteiger partial charge in [0.15, 0.2) is 0 Å². The second kappa shape index (κ2) is 12.6. The molecule has 1 atom stereocenters. The highest BCUT2D eigenvalue weighted by atomic mass is 15.3. The number of nitrogens with zero attached hydrogens (tertiary/aromatic N) is 3. The van der Waals surface area contributed by atoms with Gasteiger partial charge in [-0.25, -0.2) is 0 Å². The molecule has 0 bridgehead atoms. The molecule has 32 heavy (non-hydrogen) atoms. The Morgan fingerprint density at radius 2 is 1.66 bits per heavy atom. The fourth-order valence-electron chi connectivity index (χ4n) is 5.45. The summed E-state index contributed by atoms with van der Waals surface area (Å²) >= 11 is 0. The summed E-state index contributed by atoms with van der Waals surface area (Å²) in [6, 6.07) is 10.7. The lowest BCUT2D eigenvalue weighted by Crippen LogP contribution is -2.58. The van der Waals surface area contributed by atoms with Gasteiger partial charge in [0.2, 0.25) is 0 Å². The number of piperazine rings is 1. The molecule has 2 aliphatic heterocycles. The zero-order chi connectivity index (χ0) is 22.9. The molecule has 2 aliphatic rings. The predicted octanol–water partition coefficient (Wildman–Crippen LogP) is 6.26. The van der Waals surface area contributed by atoms with Crippen LogP contribution in [0, 0.1) is 0 Å². The second-order valence-electron chi connectivity index (χ2n) is 9.77. The Labute approximate surface area is 198 Å². The lowest BCUT2D eigenvalue weighted by Gasteiger charge is -2.48. The number of allylic oxidation sites excluding steroid dienone is 3. The van der Waals surface area contributed by atoms with Crippen LogP contribution in [-0.2, 0) is 13.0 Å². The molecule has 2 fully saturated rings. The molecule has 3 nitrogen and oxygen atoms in total. The van der Waals surface area contributed by atoms with Crippen LogP contribution in [0.5, 0.6) is 0 Å². The standard InChI is InChI=1S/C29H47N3/c1-6-10-11-29(24(5)7-2)31-20-21-32(27(9-4)23-31)28-16-18-30(19-17-28)22-26-14-12-25(8-3)13-15-26/h7,11-15,27-28H,6,8-10,16-23H2,1-5H3/b24-7-,29-11-. The molecule has 0 N–H and O–H groups in total. The molecule has 1 aromatic rings. The Morgan fingerprint density at radius 3 is 2.25 bits per heavy atom. The maximum absolute atomic E-state index is 2.87. The summed E-state index contributed by atoms with van der Waals surface area (Å²) < 4.78 is 0. The number of benzene rings is 1. The Balaban J connectivity index is 1.55. The Morgan fingerprint density at radius 1 is 0.969 bits per heavy atom. The number of rotatable bonds is 9. The fourth-order valence-corrected chi connectivity index (χ4v) is 5.45. The van der Waals surface area contributed by atoms with E-state index >= 15 is 0 Å². The Hall–Kier alpha value is -1.58. The summed E-state index contributed by atoms with van der Waals surface area (Å²) in [4.78, 5) is 8.20. The quantitative estimate of drug-likeness (QED) is 0.422. The molecular formula is C29H47N3. The summed E-state index contributed by atoms with van der Waals surface area (Å²) in [6.07, 6.45) is 12.2. The topological polar surface area (TPSA) is 9.72 Å². The van der Waals surface area contributed by atoms with E-state index in [4.69, 9.17) is 0 Å². The first kappa shape index (κ1) is 25.1. The van der Waals surface area contributed by atoms with Gasteiger partial charge in [-0.1, -0.05) is 63.6 Å². The first-order chi connectivity index (χ1) is 15.6. The Kier molecular flexibility index (Phi) is 9.87. The number of unbranched alkanes of at least 4 members (excludes halogenated alkanes) is 1. The molecule has 3 heteroatoms. The molecule has 2 saturated heterocycles. The lowest BCUT2D eigenvalue weighted by atomic mass is 9.97. The van der Waals surface area contributed by atoms with Gasteiger partial charge in [0.1, 0.15) is 0 Å². The summed E-state index contributed by atoms with van der Waals surface area (Å²) in [5, 5.41) is 0.